The summed E-state index contributed by atoms with van der Waals surface area (Å²) in [6.45, 7) is -2.63. The van der Waals surface area contributed by atoms with Crippen LogP contribution in [0.2, 0.25) is 0 Å². The van der Waals surface area contributed by atoms with Gasteiger partial charge in [0.15, 0.2) is 11.5 Å². The van der Waals surface area contributed by atoms with E-state index < -0.39 is 12.2 Å². The summed E-state index contributed by atoms with van der Waals surface area (Å²) < 4.78 is 34.4. The average molecular weight is 395 g/mol. The topological polar surface area (TPSA) is 67.8 Å². The zero-order chi connectivity index (χ0) is 19.9. The highest BCUT2D eigenvalue weighted by atomic mass is 19.3. The lowest BCUT2D eigenvalue weighted by molar-refractivity contribution is -0.169. The Morgan fingerprint density at radius 1 is 1.25 bits per heavy atom. The second kappa shape index (κ2) is 7.17. The van der Waals surface area contributed by atoms with E-state index in [1.54, 1.807) is 12.1 Å². The Morgan fingerprint density at radius 2 is 1.96 bits per heavy atom. The van der Waals surface area contributed by atoms with Crippen molar-refractivity contribution in [3.8, 4) is 11.5 Å². The molecule has 2 N–H and O–H groups in total. The van der Waals surface area contributed by atoms with Crippen molar-refractivity contribution < 1.29 is 28.2 Å². The minimum atomic E-state index is -2.92. The normalized spacial score (nSPS) is 33.2. The highest BCUT2D eigenvalue weighted by Crippen LogP contribution is 2.62. The standard InChI is InChI=1S/C21H27F2NO4/c1-27-17-5-13(2-3-16(17)28-19(22)23)11-24-18(25)10-20-6-14-4-15(7-20)9-21(26,8-14)12-20/h2-3,5,14-15,19,26H,4,6-12H2,1H3,(H,24,25)/t14-,15+,20?,21?. The molecule has 4 saturated carbocycles. The molecule has 7 heteroatoms. The number of carbonyl (C=O) groups excluding carboxylic acids is 1. The lowest BCUT2D eigenvalue weighted by Crippen LogP contribution is -2.56. The van der Waals surface area contributed by atoms with E-state index in [4.69, 9.17) is 4.74 Å². The van der Waals surface area contributed by atoms with E-state index in [-0.39, 0.29) is 29.4 Å². The van der Waals surface area contributed by atoms with E-state index in [9.17, 15) is 18.7 Å². The number of amides is 1. The highest BCUT2D eigenvalue weighted by Gasteiger charge is 2.57. The molecule has 0 aromatic heterocycles. The summed E-state index contributed by atoms with van der Waals surface area (Å²) in [4.78, 5) is 12.6. The summed E-state index contributed by atoms with van der Waals surface area (Å²) in [5, 5.41) is 13.8. The molecule has 154 valence electrons. The molecule has 0 heterocycles. The summed E-state index contributed by atoms with van der Waals surface area (Å²) in [5.41, 5.74) is 0.101. The molecule has 28 heavy (non-hydrogen) atoms. The maximum atomic E-state index is 12.6. The van der Waals surface area contributed by atoms with E-state index in [2.05, 4.69) is 10.1 Å². The third-order valence-corrected chi connectivity index (χ3v) is 6.62. The van der Waals surface area contributed by atoms with Gasteiger partial charge in [0.1, 0.15) is 0 Å². The van der Waals surface area contributed by atoms with Crippen molar-refractivity contribution in [1.82, 2.24) is 5.32 Å². The number of alkyl halides is 2. The summed E-state index contributed by atoms with van der Waals surface area (Å²) >= 11 is 0. The van der Waals surface area contributed by atoms with Gasteiger partial charge in [0.2, 0.25) is 5.91 Å². The van der Waals surface area contributed by atoms with E-state index in [1.807, 2.05) is 0 Å². The Bertz CT molecular complexity index is 740. The largest absolute Gasteiger partial charge is 0.493 e. The predicted molar refractivity (Wildman–Crippen MR) is 98.2 cm³/mol. The molecule has 0 spiro atoms. The second-order valence-electron chi connectivity index (χ2n) is 9.00. The highest BCUT2D eigenvalue weighted by molar-refractivity contribution is 5.76. The van der Waals surface area contributed by atoms with Crippen LogP contribution in [0, 0.1) is 17.3 Å². The molecule has 0 aliphatic heterocycles. The first-order valence-electron chi connectivity index (χ1n) is 9.89. The maximum absolute atomic E-state index is 12.6. The lowest BCUT2D eigenvalue weighted by Gasteiger charge is -2.60. The number of carbonyl (C=O) groups is 1. The van der Waals surface area contributed by atoms with Crippen LogP contribution in [-0.2, 0) is 11.3 Å². The summed E-state index contributed by atoms with van der Waals surface area (Å²) in [6.07, 6.45) is 6.21. The Morgan fingerprint density at radius 3 is 2.57 bits per heavy atom. The zero-order valence-corrected chi connectivity index (χ0v) is 16.0. The van der Waals surface area contributed by atoms with Crippen molar-refractivity contribution in [2.45, 2.75) is 63.7 Å². The number of hydrogen-bond acceptors (Lipinski definition) is 4. The fourth-order valence-electron chi connectivity index (χ4n) is 6.23. The molecule has 1 amide bonds. The van der Waals surface area contributed by atoms with Gasteiger partial charge in [-0.05, 0) is 73.5 Å². The molecule has 4 atom stereocenters. The number of ether oxygens (including phenoxy) is 2. The van der Waals surface area contributed by atoms with Crippen LogP contribution in [0.25, 0.3) is 0 Å². The first kappa shape index (κ1) is 19.4. The van der Waals surface area contributed by atoms with Crippen LogP contribution in [-0.4, -0.2) is 30.3 Å². The van der Waals surface area contributed by atoms with Crippen LogP contribution >= 0.6 is 0 Å². The monoisotopic (exact) mass is 395 g/mol. The third kappa shape index (κ3) is 3.95. The molecule has 5 rings (SSSR count). The van der Waals surface area contributed by atoms with E-state index in [1.165, 1.54) is 19.6 Å². The van der Waals surface area contributed by atoms with Gasteiger partial charge in [-0.1, -0.05) is 6.07 Å². The summed E-state index contributed by atoms with van der Waals surface area (Å²) in [6, 6.07) is 4.64. The van der Waals surface area contributed by atoms with Crippen LogP contribution < -0.4 is 14.8 Å². The smallest absolute Gasteiger partial charge is 0.387 e. The lowest BCUT2D eigenvalue weighted by atomic mass is 9.47. The molecule has 5 nitrogen and oxygen atoms in total. The fraction of sp³-hybridized carbons (Fsp3) is 0.667. The Balaban J connectivity index is 1.36. The van der Waals surface area contributed by atoms with Gasteiger partial charge in [0, 0.05) is 13.0 Å². The van der Waals surface area contributed by atoms with E-state index in [0.29, 0.717) is 18.3 Å². The Kier molecular flexibility index (Phi) is 4.98. The van der Waals surface area contributed by atoms with Crippen LogP contribution in [0.15, 0.2) is 18.2 Å². The fourth-order valence-corrected chi connectivity index (χ4v) is 6.23. The first-order valence-corrected chi connectivity index (χ1v) is 9.89. The number of methoxy groups -OCH3 is 1. The molecule has 4 fully saturated rings. The third-order valence-electron chi connectivity index (χ3n) is 6.62. The van der Waals surface area contributed by atoms with Gasteiger partial charge in [0.25, 0.3) is 0 Å². The number of aliphatic hydroxyl groups is 1. The van der Waals surface area contributed by atoms with Gasteiger partial charge < -0.3 is 19.9 Å². The minimum absolute atomic E-state index is 0.0302. The van der Waals surface area contributed by atoms with Crippen molar-refractivity contribution in [2.75, 3.05) is 7.11 Å². The number of rotatable bonds is 7. The van der Waals surface area contributed by atoms with Gasteiger partial charge in [0.05, 0.1) is 12.7 Å². The number of hydrogen-bond donors (Lipinski definition) is 2. The minimum Gasteiger partial charge on any atom is -0.493 e. The predicted octanol–water partition coefficient (Wildman–Crippen LogP) is 3.63. The maximum Gasteiger partial charge on any atom is 0.387 e. The number of nitrogens with one attached hydrogen (secondary N) is 1. The molecule has 0 radical (unpaired) electrons. The van der Waals surface area contributed by atoms with Crippen molar-refractivity contribution in [2.24, 2.45) is 17.3 Å². The van der Waals surface area contributed by atoms with Crippen molar-refractivity contribution in [1.29, 1.82) is 0 Å². The van der Waals surface area contributed by atoms with Crippen LogP contribution in [0.4, 0.5) is 8.78 Å². The number of benzene rings is 1. The van der Waals surface area contributed by atoms with Crippen molar-refractivity contribution in [3.05, 3.63) is 23.8 Å². The van der Waals surface area contributed by atoms with E-state index >= 15 is 0 Å². The zero-order valence-electron chi connectivity index (χ0n) is 16.0. The first-order chi connectivity index (χ1) is 13.3. The SMILES string of the molecule is COc1cc(CNC(=O)CC23C[C@@H]4C[C@@H](CC(O)(C4)C2)C3)ccc1OC(F)F. The number of halogens is 2. The quantitative estimate of drug-likeness (QED) is 0.740. The van der Waals surface area contributed by atoms with E-state index in [0.717, 1.165) is 37.7 Å². The van der Waals surface area contributed by atoms with Gasteiger partial charge in [-0.2, -0.15) is 8.78 Å². The second-order valence-corrected chi connectivity index (χ2v) is 9.00. The van der Waals surface area contributed by atoms with Crippen LogP contribution in [0.1, 0.15) is 50.5 Å². The molecule has 1 aromatic rings. The Hall–Kier alpha value is -1.89. The average Bonchev–Trinajstić information content (AvgIpc) is 2.57. The summed E-state index contributed by atoms with van der Waals surface area (Å²) in [7, 11) is 1.38. The van der Waals surface area contributed by atoms with Crippen LogP contribution in [0.3, 0.4) is 0 Å². The Labute approximate surface area is 163 Å². The van der Waals surface area contributed by atoms with Gasteiger partial charge in [-0.3, -0.25) is 4.79 Å². The molecule has 2 unspecified atom stereocenters. The van der Waals surface area contributed by atoms with Gasteiger partial charge in [-0.25, -0.2) is 0 Å². The van der Waals surface area contributed by atoms with Gasteiger partial charge in [-0.15, -0.1) is 0 Å². The molecule has 4 aliphatic rings. The molecule has 4 bridgehead atoms. The van der Waals surface area contributed by atoms with Crippen molar-refractivity contribution >= 4 is 5.91 Å². The van der Waals surface area contributed by atoms with Crippen LogP contribution in [0.5, 0.6) is 11.5 Å². The molecular formula is C21H27F2NO4. The van der Waals surface area contributed by atoms with Crippen molar-refractivity contribution in [3.63, 3.8) is 0 Å². The molecule has 1 aromatic carbocycles. The molecule has 0 saturated heterocycles. The van der Waals surface area contributed by atoms with Gasteiger partial charge >= 0.3 is 6.61 Å². The summed E-state index contributed by atoms with van der Waals surface area (Å²) in [5.74, 6) is 1.23. The molecular weight excluding hydrogens is 368 g/mol. The molecule has 4 aliphatic carbocycles.